The molecule has 0 aliphatic heterocycles. The topological polar surface area (TPSA) is 138 Å². The summed E-state index contributed by atoms with van der Waals surface area (Å²) in [6.45, 7) is 0. The predicted molar refractivity (Wildman–Crippen MR) is 118 cm³/mol. The van der Waals surface area contributed by atoms with E-state index < -0.39 is 34.8 Å². The highest BCUT2D eigenvalue weighted by molar-refractivity contribution is 6.04. The molecule has 3 atom stereocenters. The highest BCUT2D eigenvalue weighted by atomic mass is 16.4. The first-order valence-corrected chi connectivity index (χ1v) is 10.1. The van der Waals surface area contributed by atoms with Gasteiger partial charge >= 0.3 is 5.97 Å². The predicted octanol–water partition coefficient (Wildman–Crippen LogP) is 1.37. The Labute approximate surface area is 185 Å². The lowest BCUT2D eigenvalue weighted by atomic mass is 9.70. The van der Waals surface area contributed by atoms with Crippen LogP contribution in [0.25, 0.3) is 0 Å². The second kappa shape index (κ2) is 9.40. The summed E-state index contributed by atoms with van der Waals surface area (Å²) in [6, 6.07) is 16.0. The molecule has 2 aromatic carbocycles. The zero-order valence-corrected chi connectivity index (χ0v) is 17.3. The monoisotopic (exact) mass is 435 g/mol. The van der Waals surface area contributed by atoms with Crippen molar-refractivity contribution in [3.05, 3.63) is 95.6 Å². The molecule has 32 heavy (non-hydrogen) atoms. The molecule has 1 aliphatic rings. The van der Waals surface area contributed by atoms with Crippen LogP contribution in [0.1, 0.15) is 17.5 Å². The fraction of sp³-hybridized carbons (Fsp3) is 0.240. The van der Waals surface area contributed by atoms with Gasteiger partial charge in [0, 0.05) is 12.8 Å². The van der Waals surface area contributed by atoms with E-state index in [1.165, 1.54) is 6.08 Å². The Hall–Kier alpha value is -3.39. The van der Waals surface area contributed by atoms with Crippen molar-refractivity contribution in [3.8, 4) is 0 Å². The summed E-state index contributed by atoms with van der Waals surface area (Å²) >= 11 is 0. The van der Waals surface area contributed by atoms with Gasteiger partial charge in [-0.2, -0.15) is 0 Å². The van der Waals surface area contributed by atoms with E-state index in [0.29, 0.717) is 11.1 Å². The van der Waals surface area contributed by atoms with Crippen LogP contribution in [0.4, 0.5) is 0 Å². The van der Waals surface area contributed by atoms with Gasteiger partial charge in [-0.25, -0.2) is 0 Å². The molecule has 2 aromatic rings. The Morgan fingerprint density at radius 2 is 1.28 bits per heavy atom. The van der Waals surface area contributed by atoms with Crippen LogP contribution in [0, 0.1) is 0 Å². The van der Waals surface area contributed by atoms with Gasteiger partial charge in [0.25, 0.3) is 0 Å². The minimum absolute atomic E-state index is 0.185. The Kier molecular flexibility index (Phi) is 6.84. The summed E-state index contributed by atoms with van der Waals surface area (Å²) in [7, 11) is 0. The summed E-state index contributed by atoms with van der Waals surface area (Å²) in [5, 5.41) is 31.9. The average Bonchev–Trinajstić information content (AvgIpc) is 2.77. The first-order chi connectivity index (χ1) is 15.2. The molecule has 3 rings (SSSR count). The highest BCUT2D eigenvalue weighted by Gasteiger charge is 2.57. The van der Waals surface area contributed by atoms with E-state index in [1.807, 2.05) is 0 Å². The van der Waals surface area contributed by atoms with Gasteiger partial charge in [-0.3, -0.25) is 14.4 Å². The van der Waals surface area contributed by atoms with Crippen molar-refractivity contribution in [3.63, 3.8) is 0 Å². The van der Waals surface area contributed by atoms with Gasteiger partial charge in [-0.1, -0.05) is 66.7 Å². The minimum atomic E-state index is -2.59. The average molecular weight is 435 g/mol. The molecule has 1 aliphatic carbocycles. The molecule has 3 unspecified atom stereocenters. The van der Waals surface area contributed by atoms with Crippen LogP contribution >= 0.6 is 0 Å². The normalized spacial score (nSPS) is 23.3. The summed E-state index contributed by atoms with van der Waals surface area (Å²) < 4.78 is 0. The quantitative estimate of drug-likeness (QED) is 0.467. The van der Waals surface area contributed by atoms with Gasteiger partial charge in [-0.15, -0.1) is 0 Å². The van der Waals surface area contributed by atoms with Crippen LogP contribution in [-0.4, -0.2) is 50.1 Å². The van der Waals surface area contributed by atoms with Gasteiger partial charge in [0.2, 0.25) is 0 Å². The van der Waals surface area contributed by atoms with Gasteiger partial charge in [-0.05, 0) is 35.3 Å². The van der Waals surface area contributed by atoms with E-state index in [2.05, 4.69) is 0 Å². The number of carbonyl (C=O) groups is 3. The van der Waals surface area contributed by atoms with Gasteiger partial charge in [0.15, 0.2) is 22.8 Å². The number of carboxylic acid groups (broad SMARTS) is 1. The number of carbonyl (C=O) groups excluding carboxylic acids is 2. The second-order valence-electron chi connectivity index (χ2n) is 7.91. The fourth-order valence-corrected chi connectivity index (χ4v) is 3.68. The summed E-state index contributed by atoms with van der Waals surface area (Å²) in [5.74, 6) is -2.81. The summed E-state index contributed by atoms with van der Waals surface area (Å²) in [6.07, 6.45) is 2.82. The van der Waals surface area contributed by atoms with Crippen molar-refractivity contribution in [2.75, 3.05) is 0 Å². The van der Waals surface area contributed by atoms with Gasteiger partial charge in [0.05, 0.1) is 0 Å². The lowest BCUT2D eigenvalue weighted by molar-refractivity contribution is -0.164. The molecule has 7 heteroatoms. The van der Waals surface area contributed by atoms with Crippen LogP contribution < -0.4 is 5.73 Å². The van der Waals surface area contributed by atoms with Gasteiger partial charge in [0.1, 0.15) is 6.04 Å². The van der Waals surface area contributed by atoms with Crippen molar-refractivity contribution in [2.24, 2.45) is 5.73 Å². The number of aliphatic carboxylic acids is 1. The molecule has 166 valence electrons. The molecule has 0 aromatic heterocycles. The van der Waals surface area contributed by atoms with E-state index in [4.69, 9.17) is 10.8 Å². The SMILES string of the molecule is NC(CC1=CC(O)(C(=O)Cc2ccccc2)C(O)(C(=O)Cc2ccccc2)C=C1)C(=O)O. The molecule has 0 radical (unpaired) electrons. The first kappa shape index (κ1) is 23.3. The smallest absolute Gasteiger partial charge is 0.320 e. The molecule has 7 nitrogen and oxygen atoms in total. The number of Topliss-reactive ketones (excluding diaryl/α,β-unsaturated/α-hetero) is 2. The Morgan fingerprint density at radius 3 is 1.75 bits per heavy atom. The number of ketones is 2. The standard InChI is InChI=1S/C25H25NO6/c26-20(23(29)30)13-19-11-12-24(31,21(27)14-17-7-3-1-4-8-17)25(32,16-19)22(28)15-18-9-5-2-6-10-18/h1-12,16,20,31-32H,13-15,26H2,(H,29,30). The Bertz CT molecular complexity index is 1060. The van der Waals surface area contributed by atoms with Crippen LogP contribution in [0.3, 0.4) is 0 Å². The van der Waals surface area contributed by atoms with E-state index in [1.54, 1.807) is 60.7 Å². The molecule has 0 saturated heterocycles. The Morgan fingerprint density at radius 1 is 0.812 bits per heavy atom. The van der Waals surface area contributed by atoms with E-state index in [-0.39, 0.29) is 24.8 Å². The zero-order chi connectivity index (χ0) is 23.4. The second-order valence-corrected chi connectivity index (χ2v) is 7.91. The van der Waals surface area contributed by atoms with E-state index in [9.17, 15) is 24.6 Å². The maximum Gasteiger partial charge on any atom is 0.320 e. The number of carboxylic acids is 1. The van der Waals surface area contributed by atoms with Crippen molar-refractivity contribution in [1.82, 2.24) is 0 Å². The lowest BCUT2D eigenvalue weighted by Gasteiger charge is -2.40. The van der Waals surface area contributed by atoms with Crippen LogP contribution in [0.2, 0.25) is 0 Å². The molecule has 0 amide bonds. The molecule has 5 N–H and O–H groups in total. The summed E-state index contributed by atoms with van der Waals surface area (Å²) in [4.78, 5) is 37.5. The largest absolute Gasteiger partial charge is 0.480 e. The molecular formula is C25H25NO6. The van der Waals surface area contributed by atoms with Crippen molar-refractivity contribution in [2.45, 2.75) is 36.5 Å². The molecule has 0 spiro atoms. The van der Waals surface area contributed by atoms with E-state index >= 15 is 0 Å². The fourth-order valence-electron chi connectivity index (χ4n) is 3.68. The lowest BCUT2D eigenvalue weighted by Crippen LogP contribution is -2.63. The number of allylic oxidation sites excluding steroid dienone is 1. The van der Waals surface area contributed by atoms with Crippen LogP contribution in [-0.2, 0) is 27.2 Å². The number of benzene rings is 2. The number of hydrogen-bond donors (Lipinski definition) is 4. The third kappa shape index (κ3) is 4.75. The van der Waals surface area contributed by atoms with Crippen molar-refractivity contribution >= 4 is 17.5 Å². The first-order valence-electron chi connectivity index (χ1n) is 10.1. The Balaban J connectivity index is 1.98. The maximum absolute atomic E-state index is 13.2. The van der Waals surface area contributed by atoms with Crippen molar-refractivity contribution in [1.29, 1.82) is 0 Å². The van der Waals surface area contributed by atoms with Crippen LogP contribution in [0.5, 0.6) is 0 Å². The number of rotatable bonds is 9. The van der Waals surface area contributed by atoms with Gasteiger partial charge < -0.3 is 21.1 Å². The molecule has 0 fully saturated rings. The van der Waals surface area contributed by atoms with Crippen molar-refractivity contribution < 1.29 is 29.7 Å². The molecule has 0 heterocycles. The summed E-state index contributed by atoms with van der Waals surface area (Å²) in [5.41, 5.74) is 1.93. The van der Waals surface area contributed by atoms with E-state index in [0.717, 1.165) is 12.2 Å². The molecular weight excluding hydrogens is 410 g/mol. The maximum atomic E-state index is 13.2. The number of aliphatic hydroxyl groups is 2. The number of hydrogen-bond acceptors (Lipinski definition) is 6. The minimum Gasteiger partial charge on any atom is -0.480 e. The molecule has 0 bridgehead atoms. The zero-order valence-electron chi connectivity index (χ0n) is 17.3. The third-order valence-electron chi connectivity index (χ3n) is 5.55. The molecule has 0 saturated carbocycles. The third-order valence-corrected chi connectivity index (χ3v) is 5.55. The highest BCUT2D eigenvalue weighted by Crippen LogP contribution is 2.36. The number of nitrogens with two attached hydrogens (primary N) is 1. The van der Waals surface area contributed by atoms with Crippen LogP contribution in [0.15, 0.2) is 84.5 Å².